The average molecular weight is 723 g/mol. The number of rotatable bonds is 3. The molecule has 0 atom stereocenters. The third kappa shape index (κ3) is 3.99. The van der Waals surface area contributed by atoms with Gasteiger partial charge in [0.2, 0.25) is 0 Å². The summed E-state index contributed by atoms with van der Waals surface area (Å²) in [4.78, 5) is 0. The second-order valence-corrected chi connectivity index (χ2v) is 15.2. The van der Waals surface area contributed by atoms with Crippen molar-refractivity contribution in [2.75, 3.05) is 0 Å². The van der Waals surface area contributed by atoms with Crippen LogP contribution >= 0.6 is 0 Å². The van der Waals surface area contributed by atoms with Crippen molar-refractivity contribution >= 4 is 97.7 Å². The Kier molecular flexibility index (Phi) is 5.93. The van der Waals surface area contributed by atoms with E-state index < -0.39 is 0 Å². The molecule has 0 amide bonds. The largest absolute Gasteiger partial charge is 0.309 e. The normalized spacial score (nSPS) is 12.2. The fourth-order valence-corrected chi connectivity index (χ4v) is 10.0. The summed E-state index contributed by atoms with van der Waals surface area (Å²) in [6, 6.07) is 68.5. The van der Waals surface area contributed by atoms with E-state index in [2.05, 4.69) is 196 Å². The molecule has 0 saturated carbocycles. The van der Waals surface area contributed by atoms with Crippen molar-refractivity contribution in [2.24, 2.45) is 0 Å². The van der Waals surface area contributed by atoms with E-state index in [1.807, 2.05) is 6.07 Å². The summed E-state index contributed by atoms with van der Waals surface area (Å²) in [7, 11) is 0. The standard InChI is InChI=1S/C53H30N4/c54-31-34-18-17-32-20-25-42-49(26-21-33-19-24-37(34)52(32)53(33)42)57-50-27-22-35(55-45-13-5-1-9-38(45)39-10-2-6-14-46(39)55)29-43(50)44-30-36(23-28-51(44)57)56-47-15-7-3-11-40(47)41-12-4-8-16-48(41)56/h1-30H. The fourth-order valence-electron chi connectivity index (χ4n) is 10.0. The second kappa shape index (κ2) is 11.1. The Morgan fingerprint density at radius 3 is 1.21 bits per heavy atom. The minimum atomic E-state index is 0.703. The molecule has 0 radical (unpaired) electrons. The number of fused-ring (bicyclic) bond motifs is 9. The predicted molar refractivity (Wildman–Crippen MR) is 238 cm³/mol. The van der Waals surface area contributed by atoms with E-state index in [1.54, 1.807) is 0 Å². The first-order chi connectivity index (χ1) is 28.2. The first-order valence-corrected chi connectivity index (χ1v) is 19.4. The maximum atomic E-state index is 10.1. The van der Waals surface area contributed by atoms with Crippen LogP contribution in [0, 0.1) is 11.3 Å². The van der Waals surface area contributed by atoms with E-state index in [0.29, 0.717) is 5.56 Å². The number of aromatic nitrogens is 3. The molecule has 10 aromatic carbocycles. The molecule has 0 bridgehead atoms. The van der Waals surface area contributed by atoms with Gasteiger partial charge in [-0.25, -0.2) is 0 Å². The zero-order valence-electron chi connectivity index (χ0n) is 30.6. The Hall–Kier alpha value is -7.87. The minimum Gasteiger partial charge on any atom is -0.309 e. The maximum Gasteiger partial charge on any atom is 0.0998 e. The summed E-state index contributed by atoms with van der Waals surface area (Å²) in [5, 5.41) is 24.2. The molecule has 57 heavy (non-hydrogen) atoms. The number of nitrogens with zero attached hydrogens (tertiary/aromatic N) is 4. The van der Waals surface area contributed by atoms with Gasteiger partial charge >= 0.3 is 0 Å². The topological polar surface area (TPSA) is 38.6 Å². The van der Waals surface area contributed by atoms with Gasteiger partial charge in [0.25, 0.3) is 0 Å². The van der Waals surface area contributed by atoms with Crippen LogP contribution < -0.4 is 0 Å². The third-order valence-electron chi connectivity index (χ3n) is 12.4. The molecule has 0 unspecified atom stereocenters. The molecule has 3 heterocycles. The number of hydrogen-bond acceptors (Lipinski definition) is 1. The zero-order valence-corrected chi connectivity index (χ0v) is 30.6. The number of hydrogen-bond donors (Lipinski definition) is 0. The Balaban J connectivity index is 1.15. The first kappa shape index (κ1) is 30.5. The highest BCUT2D eigenvalue weighted by atomic mass is 15.0. The van der Waals surface area contributed by atoms with E-state index in [9.17, 15) is 5.26 Å². The smallest absolute Gasteiger partial charge is 0.0998 e. The summed E-state index contributed by atoms with van der Waals surface area (Å²) >= 11 is 0. The molecule has 0 N–H and O–H groups in total. The molecule has 4 heteroatoms. The Labute approximate surface area is 326 Å². The SMILES string of the molecule is N#Cc1ccc2ccc3c(-n4c5ccc(-n6c7ccccc7c7ccccc76)cc5c5cc(-n6c7ccccc7c7ccccc76)ccc54)ccc4ccc1c2c43. The molecule has 3 aromatic heterocycles. The van der Waals surface area contributed by atoms with Crippen molar-refractivity contribution in [1.82, 2.24) is 13.7 Å². The van der Waals surface area contributed by atoms with Crippen molar-refractivity contribution in [2.45, 2.75) is 0 Å². The highest BCUT2D eigenvalue weighted by molar-refractivity contribution is 6.26. The number of nitriles is 1. The quantitative estimate of drug-likeness (QED) is 0.167. The zero-order chi connectivity index (χ0) is 37.4. The van der Waals surface area contributed by atoms with Crippen LogP contribution in [0.1, 0.15) is 5.56 Å². The van der Waals surface area contributed by atoms with Crippen LogP contribution in [0.2, 0.25) is 0 Å². The summed E-state index contributed by atoms with van der Waals surface area (Å²) in [6.45, 7) is 0. The molecule has 262 valence electrons. The lowest BCUT2D eigenvalue weighted by Gasteiger charge is -2.17. The fraction of sp³-hybridized carbons (Fsp3) is 0. The summed E-state index contributed by atoms with van der Waals surface area (Å²) in [5.41, 5.74) is 11.1. The third-order valence-corrected chi connectivity index (χ3v) is 12.4. The van der Waals surface area contributed by atoms with Crippen molar-refractivity contribution < 1.29 is 0 Å². The van der Waals surface area contributed by atoms with Gasteiger partial charge in [-0.3, -0.25) is 0 Å². The van der Waals surface area contributed by atoms with E-state index in [-0.39, 0.29) is 0 Å². The summed E-state index contributed by atoms with van der Waals surface area (Å²) in [5.74, 6) is 0. The van der Waals surface area contributed by atoms with Gasteiger partial charge in [-0.1, -0.05) is 109 Å². The molecular formula is C53H30N4. The minimum absolute atomic E-state index is 0.703. The van der Waals surface area contributed by atoms with Gasteiger partial charge in [0, 0.05) is 54.5 Å². The molecule has 0 aliphatic heterocycles. The van der Waals surface area contributed by atoms with Crippen molar-refractivity contribution in [3.05, 3.63) is 188 Å². The molecule has 0 aliphatic rings. The van der Waals surface area contributed by atoms with Crippen LogP contribution in [0.3, 0.4) is 0 Å². The maximum absolute atomic E-state index is 10.1. The summed E-state index contributed by atoms with van der Waals surface area (Å²) in [6.07, 6.45) is 0. The van der Waals surface area contributed by atoms with Crippen LogP contribution in [0.15, 0.2) is 182 Å². The first-order valence-electron chi connectivity index (χ1n) is 19.4. The van der Waals surface area contributed by atoms with Gasteiger partial charge in [-0.05, 0) is 94.3 Å². The Morgan fingerprint density at radius 1 is 0.316 bits per heavy atom. The van der Waals surface area contributed by atoms with E-state index in [0.717, 1.165) is 49.6 Å². The Bertz CT molecular complexity index is 3610. The van der Waals surface area contributed by atoms with E-state index in [1.165, 1.54) is 65.2 Å². The molecule has 4 nitrogen and oxygen atoms in total. The second-order valence-electron chi connectivity index (χ2n) is 15.2. The molecule has 0 saturated heterocycles. The molecule has 0 spiro atoms. The van der Waals surface area contributed by atoms with Gasteiger partial charge in [0.05, 0.1) is 50.4 Å². The van der Waals surface area contributed by atoms with Crippen LogP contribution in [-0.4, -0.2) is 13.7 Å². The summed E-state index contributed by atoms with van der Waals surface area (Å²) < 4.78 is 7.27. The van der Waals surface area contributed by atoms with Gasteiger partial charge < -0.3 is 13.7 Å². The van der Waals surface area contributed by atoms with Gasteiger partial charge in [0.15, 0.2) is 0 Å². The Morgan fingerprint density at radius 2 is 0.719 bits per heavy atom. The van der Waals surface area contributed by atoms with Gasteiger partial charge in [-0.15, -0.1) is 0 Å². The number of para-hydroxylation sites is 4. The van der Waals surface area contributed by atoms with Crippen LogP contribution in [0.25, 0.3) is 115 Å². The van der Waals surface area contributed by atoms with Crippen molar-refractivity contribution in [3.8, 4) is 23.1 Å². The average Bonchev–Trinajstić information content (AvgIpc) is 3.90. The van der Waals surface area contributed by atoms with Gasteiger partial charge in [0.1, 0.15) is 0 Å². The molecular weight excluding hydrogens is 693 g/mol. The highest BCUT2D eigenvalue weighted by Crippen LogP contribution is 2.43. The highest BCUT2D eigenvalue weighted by Gasteiger charge is 2.21. The van der Waals surface area contributed by atoms with E-state index >= 15 is 0 Å². The lowest BCUT2D eigenvalue weighted by molar-refractivity contribution is 1.17. The van der Waals surface area contributed by atoms with Crippen LogP contribution in [0.4, 0.5) is 0 Å². The van der Waals surface area contributed by atoms with Crippen molar-refractivity contribution in [3.63, 3.8) is 0 Å². The van der Waals surface area contributed by atoms with Crippen LogP contribution in [-0.2, 0) is 0 Å². The lowest BCUT2D eigenvalue weighted by atomic mass is 9.91. The predicted octanol–water partition coefficient (Wildman–Crippen LogP) is 13.7. The molecule has 13 aromatic rings. The lowest BCUT2D eigenvalue weighted by Crippen LogP contribution is -1.98. The van der Waals surface area contributed by atoms with E-state index in [4.69, 9.17) is 0 Å². The molecule has 0 aliphatic carbocycles. The van der Waals surface area contributed by atoms with Crippen molar-refractivity contribution in [1.29, 1.82) is 5.26 Å². The number of benzene rings is 10. The molecule has 13 rings (SSSR count). The van der Waals surface area contributed by atoms with Crippen LogP contribution in [0.5, 0.6) is 0 Å². The molecule has 0 fully saturated rings. The van der Waals surface area contributed by atoms with Gasteiger partial charge in [-0.2, -0.15) is 5.26 Å². The monoisotopic (exact) mass is 722 g/mol.